The van der Waals surface area contributed by atoms with Crippen LogP contribution in [0.5, 0.6) is 0 Å². The fourth-order valence-corrected chi connectivity index (χ4v) is 4.39. The van der Waals surface area contributed by atoms with Crippen molar-refractivity contribution in [2.75, 3.05) is 5.75 Å². The van der Waals surface area contributed by atoms with E-state index in [1.807, 2.05) is 54.2 Å². The SMILES string of the molecule is Cc1nn(Cc2ccccc2)c(C)c1CNC(=O)CSc1nccn1Cc1ccccc1. The van der Waals surface area contributed by atoms with Crippen molar-refractivity contribution < 1.29 is 4.79 Å². The molecule has 0 radical (unpaired) electrons. The van der Waals surface area contributed by atoms with Crippen LogP contribution in [-0.2, 0) is 24.4 Å². The minimum atomic E-state index is -0.0149. The van der Waals surface area contributed by atoms with Crippen LogP contribution < -0.4 is 5.32 Å². The highest BCUT2D eigenvalue weighted by Gasteiger charge is 2.14. The molecule has 0 aliphatic carbocycles. The molecule has 4 rings (SSSR count). The third-order valence-corrected chi connectivity index (χ3v) is 6.38. The topological polar surface area (TPSA) is 64.7 Å². The van der Waals surface area contributed by atoms with Gasteiger partial charge in [0.25, 0.3) is 0 Å². The lowest BCUT2D eigenvalue weighted by atomic mass is 10.2. The molecule has 2 aromatic heterocycles. The lowest BCUT2D eigenvalue weighted by Gasteiger charge is -2.09. The molecule has 1 N–H and O–H groups in total. The molecule has 6 nitrogen and oxygen atoms in total. The Balaban J connectivity index is 1.31. The Kier molecular flexibility index (Phi) is 7.07. The van der Waals surface area contributed by atoms with Crippen LogP contribution in [0.15, 0.2) is 78.2 Å². The van der Waals surface area contributed by atoms with E-state index in [0.717, 1.165) is 35.2 Å². The highest BCUT2D eigenvalue weighted by atomic mass is 32.2. The third-order valence-electron chi connectivity index (χ3n) is 5.37. The zero-order valence-corrected chi connectivity index (χ0v) is 19.2. The molecule has 32 heavy (non-hydrogen) atoms. The van der Waals surface area contributed by atoms with Gasteiger partial charge in [0, 0.05) is 36.7 Å². The van der Waals surface area contributed by atoms with Gasteiger partial charge in [0.05, 0.1) is 18.0 Å². The lowest BCUT2D eigenvalue weighted by molar-refractivity contribution is -0.118. The Morgan fingerprint density at radius 2 is 1.62 bits per heavy atom. The summed E-state index contributed by atoms with van der Waals surface area (Å²) in [6.45, 7) is 5.99. The van der Waals surface area contributed by atoms with Crippen LogP contribution in [0.25, 0.3) is 0 Å². The maximum absolute atomic E-state index is 12.5. The molecule has 0 fully saturated rings. The van der Waals surface area contributed by atoms with Crippen LogP contribution in [0.3, 0.4) is 0 Å². The number of aryl methyl sites for hydroxylation is 1. The quantitative estimate of drug-likeness (QED) is 0.392. The molecule has 0 spiro atoms. The Labute approximate surface area is 192 Å². The first kappa shape index (κ1) is 21.9. The predicted molar refractivity (Wildman–Crippen MR) is 128 cm³/mol. The molecule has 0 unspecified atom stereocenters. The van der Waals surface area contributed by atoms with E-state index in [1.165, 1.54) is 22.9 Å². The minimum Gasteiger partial charge on any atom is -0.351 e. The number of nitrogens with one attached hydrogen (secondary N) is 1. The van der Waals surface area contributed by atoms with E-state index >= 15 is 0 Å². The maximum Gasteiger partial charge on any atom is 0.230 e. The Bertz CT molecular complexity index is 1170. The van der Waals surface area contributed by atoms with Gasteiger partial charge in [-0.25, -0.2) is 4.98 Å². The van der Waals surface area contributed by atoms with Crippen molar-refractivity contribution in [1.82, 2.24) is 24.6 Å². The molecule has 2 aromatic carbocycles. The van der Waals surface area contributed by atoms with Gasteiger partial charge >= 0.3 is 0 Å². The number of benzene rings is 2. The van der Waals surface area contributed by atoms with Crippen molar-refractivity contribution in [3.8, 4) is 0 Å². The fourth-order valence-electron chi connectivity index (χ4n) is 3.60. The van der Waals surface area contributed by atoms with Gasteiger partial charge in [-0.2, -0.15) is 5.10 Å². The van der Waals surface area contributed by atoms with Gasteiger partial charge in [-0.15, -0.1) is 0 Å². The molecule has 0 bridgehead atoms. The predicted octanol–water partition coefficient (Wildman–Crippen LogP) is 4.20. The summed E-state index contributed by atoms with van der Waals surface area (Å²) in [5.74, 6) is 0.307. The molecule has 2 heterocycles. The summed E-state index contributed by atoms with van der Waals surface area (Å²) < 4.78 is 4.07. The molecule has 0 aliphatic rings. The number of hydrogen-bond donors (Lipinski definition) is 1. The number of carbonyl (C=O) groups excluding carboxylic acids is 1. The van der Waals surface area contributed by atoms with Crippen molar-refractivity contribution in [1.29, 1.82) is 0 Å². The summed E-state index contributed by atoms with van der Waals surface area (Å²) in [5.41, 5.74) is 5.51. The average molecular weight is 446 g/mol. The highest BCUT2D eigenvalue weighted by molar-refractivity contribution is 7.99. The molecule has 1 amide bonds. The third kappa shape index (κ3) is 5.48. The first-order valence-corrected chi connectivity index (χ1v) is 11.6. The largest absolute Gasteiger partial charge is 0.351 e. The first-order valence-electron chi connectivity index (χ1n) is 10.6. The van der Waals surface area contributed by atoms with Gasteiger partial charge in [0.15, 0.2) is 5.16 Å². The van der Waals surface area contributed by atoms with Crippen molar-refractivity contribution >= 4 is 17.7 Å². The normalized spacial score (nSPS) is 10.9. The van der Waals surface area contributed by atoms with Gasteiger partial charge in [-0.05, 0) is 25.0 Å². The van der Waals surface area contributed by atoms with E-state index < -0.39 is 0 Å². The van der Waals surface area contributed by atoms with Crippen LogP contribution in [-0.4, -0.2) is 31.0 Å². The standard InChI is InChI=1S/C25H27N5OS/c1-19-23(20(2)30(28-19)17-22-11-7-4-8-12-22)15-27-24(31)18-32-25-26-13-14-29(25)16-21-9-5-3-6-10-21/h3-14H,15-18H2,1-2H3,(H,27,31). The smallest absolute Gasteiger partial charge is 0.230 e. The van der Waals surface area contributed by atoms with Crippen molar-refractivity contribution in [3.05, 3.63) is 101 Å². The lowest BCUT2D eigenvalue weighted by Crippen LogP contribution is -2.25. The summed E-state index contributed by atoms with van der Waals surface area (Å²) in [6.07, 6.45) is 3.72. The Morgan fingerprint density at radius 3 is 2.31 bits per heavy atom. The number of imidazole rings is 1. The summed E-state index contributed by atoms with van der Waals surface area (Å²) in [4.78, 5) is 16.9. The van der Waals surface area contributed by atoms with Crippen molar-refractivity contribution in [3.63, 3.8) is 0 Å². The summed E-state index contributed by atoms with van der Waals surface area (Å²) in [5, 5.41) is 8.55. The Hall–Kier alpha value is -3.32. The van der Waals surface area contributed by atoms with E-state index in [2.05, 4.69) is 51.2 Å². The molecule has 164 valence electrons. The number of amides is 1. The molecule has 7 heteroatoms. The zero-order chi connectivity index (χ0) is 22.3. The number of hydrogen-bond acceptors (Lipinski definition) is 4. The number of aromatic nitrogens is 4. The second-order valence-corrected chi connectivity index (χ2v) is 8.62. The summed E-state index contributed by atoms with van der Waals surface area (Å²) >= 11 is 1.45. The van der Waals surface area contributed by atoms with Gasteiger partial charge in [-0.1, -0.05) is 72.4 Å². The minimum absolute atomic E-state index is 0.0149. The van der Waals surface area contributed by atoms with Crippen LogP contribution in [0.2, 0.25) is 0 Å². The van der Waals surface area contributed by atoms with Crippen LogP contribution >= 0.6 is 11.8 Å². The van der Waals surface area contributed by atoms with E-state index in [0.29, 0.717) is 12.3 Å². The second kappa shape index (κ2) is 10.3. The van der Waals surface area contributed by atoms with E-state index in [-0.39, 0.29) is 5.91 Å². The van der Waals surface area contributed by atoms with Gasteiger partial charge in [0.1, 0.15) is 0 Å². The molecule has 0 saturated carbocycles. The van der Waals surface area contributed by atoms with Crippen LogP contribution in [0.4, 0.5) is 0 Å². The van der Waals surface area contributed by atoms with E-state index in [1.54, 1.807) is 6.20 Å². The molecular weight excluding hydrogens is 418 g/mol. The van der Waals surface area contributed by atoms with E-state index in [9.17, 15) is 4.79 Å². The zero-order valence-electron chi connectivity index (χ0n) is 18.4. The molecule has 4 aromatic rings. The highest BCUT2D eigenvalue weighted by Crippen LogP contribution is 2.18. The van der Waals surface area contributed by atoms with Crippen LogP contribution in [0.1, 0.15) is 28.1 Å². The molecular formula is C25H27N5OS. The Morgan fingerprint density at radius 1 is 0.969 bits per heavy atom. The van der Waals surface area contributed by atoms with Gasteiger partial charge < -0.3 is 9.88 Å². The summed E-state index contributed by atoms with van der Waals surface area (Å²) in [6, 6.07) is 20.5. The summed E-state index contributed by atoms with van der Waals surface area (Å²) in [7, 11) is 0. The fraction of sp³-hybridized carbons (Fsp3) is 0.240. The molecule has 0 atom stereocenters. The van der Waals surface area contributed by atoms with E-state index in [4.69, 9.17) is 0 Å². The van der Waals surface area contributed by atoms with Crippen molar-refractivity contribution in [2.45, 2.75) is 38.6 Å². The number of rotatable bonds is 9. The number of thioether (sulfide) groups is 1. The molecule has 0 aliphatic heterocycles. The second-order valence-electron chi connectivity index (χ2n) is 7.68. The first-order chi connectivity index (χ1) is 15.6. The van der Waals surface area contributed by atoms with Crippen molar-refractivity contribution in [2.24, 2.45) is 0 Å². The molecule has 0 saturated heterocycles. The monoisotopic (exact) mass is 445 g/mol. The number of nitrogens with zero attached hydrogens (tertiary/aromatic N) is 4. The van der Waals surface area contributed by atoms with Crippen LogP contribution in [0, 0.1) is 13.8 Å². The van der Waals surface area contributed by atoms with Gasteiger partial charge in [0.2, 0.25) is 5.91 Å². The van der Waals surface area contributed by atoms with Gasteiger partial charge in [-0.3, -0.25) is 9.48 Å². The average Bonchev–Trinajstić information content (AvgIpc) is 3.35. The number of carbonyl (C=O) groups is 1. The maximum atomic E-state index is 12.5.